The van der Waals surface area contributed by atoms with Crippen molar-refractivity contribution in [2.24, 2.45) is 11.7 Å². The van der Waals surface area contributed by atoms with Crippen molar-refractivity contribution in [2.45, 2.75) is 19.9 Å². The standard InChI is InChI=1S/C8H14N2O2/c1-5(2)8(9)6-4-7(11-3)10-12-6/h4-5,8H,9H2,1-3H3. The van der Waals surface area contributed by atoms with Gasteiger partial charge in [0.15, 0.2) is 5.76 Å². The summed E-state index contributed by atoms with van der Waals surface area (Å²) in [6, 6.07) is 1.60. The Labute approximate surface area is 71.7 Å². The van der Waals surface area contributed by atoms with Crippen LogP contribution in [0.3, 0.4) is 0 Å². The van der Waals surface area contributed by atoms with Gasteiger partial charge in [-0.1, -0.05) is 13.8 Å². The van der Waals surface area contributed by atoms with Crippen molar-refractivity contribution in [1.82, 2.24) is 5.16 Å². The first-order valence-electron chi connectivity index (χ1n) is 3.91. The molecule has 0 aliphatic heterocycles. The first-order chi connectivity index (χ1) is 5.65. The molecule has 0 saturated heterocycles. The number of hydrogen-bond acceptors (Lipinski definition) is 4. The summed E-state index contributed by atoms with van der Waals surface area (Å²) < 4.78 is 9.84. The number of hydrogen-bond donors (Lipinski definition) is 1. The molecule has 1 aromatic rings. The van der Waals surface area contributed by atoms with Gasteiger partial charge in [0.05, 0.1) is 13.2 Å². The minimum Gasteiger partial charge on any atom is -0.479 e. The van der Waals surface area contributed by atoms with E-state index in [9.17, 15) is 0 Å². The molecule has 1 heterocycles. The van der Waals surface area contributed by atoms with Crippen LogP contribution >= 0.6 is 0 Å². The van der Waals surface area contributed by atoms with Gasteiger partial charge in [0.1, 0.15) is 0 Å². The molecule has 2 N–H and O–H groups in total. The van der Waals surface area contributed by atoms with E-state index in [0.29, 0.717) is 17.6 Å². The monoisotopic (exact) mass is 170 g/mol. The van der Waals surface area contributed by atoms with Crippen LogP contribution in [0.1, 0.15) is 25.6 Å². The number of nitrogens with two attached hydrogens (primary N) is 1. The fraction of sp³-hybridized carbons (Fsp3) is 0.625. The van der Waals surface area contributed by atoms with Gasteiger partial charge >= 0.3 is 0 Å². The first-order valence-corrected chi connectivity index (χ1v) is 3.91. The maximum absolute atomic E-state index is 5.82. The average Bonchev–Trinajstić information content (AvgIpc) is 2.50. The average molecular weight is 170 g/mol. The summed E-state index contributed by atoms with van der Waals surface area (Å²) in [5.41, 5.74) is 5.82. The highest BCUT2D eigenvalue weighted by molar-refractivity contribution is 5.13. The Morgan fingerprint density at radius 1 is 1.58 bits per heavy atom. The van der Waals surface area contributed by atoms with Crippen molar-refractivity contribution in [3.05, 3.63) is 11.8 Å². The van der Waals surface area contributed by atoms with E-state index in [1.807, 2.05) is 13.8 Å². The quantitative estimate of drug-likeness (QED) is 0.743. The van der Waals surface area contributed by atoms with Gasteiger partial charge in [0.25, 0.3) is 5.88 Å². The van der Waals surface area contributed by atoms with Gasteiger partial charge in [-0.2, -0.15) is 0 Å². The Balaban J connectivity index is 2.74. The van der Waals surface area contributed by atoms with Crippen molar-refractivity contribution in [3.8, 4) is 5.88 Å². The zero-order valence-electron chi connectivity index (χ0n) is 7.57. The Morgan fingerprint density at radius 3 is 2.67 bits per heavy atom. The zero-order valence-corrected chi connectivity index (χ0v) is 7.57. The molecule has 4 nitrogen and oxygen atoms in total. The normalized spacial score (nSPS) is 13.4. The number of ether oxygens (including phenoxy) is 1. The third-order valence-corrected chi connectivity index (χ3v) is 1.76. The molecule has 0 saturated carbocycles. The van der Waals surface area contributed by atoms with Gasteiger partial charge in [-0.15, -0.1) is 0 Å². The van der Waals surface area contributed by atoms with Gasteiger partial charge < -0.3 is 15.0 Å². The molecule has 12 heavy (non-hydrogen) atoms. The van der Waals surface area contributed by atoms with Gasteiger partial charge in [0.2, 0.25) is 0 Å². The van der Waals surface area contributed by atoms with Gasteiger partial charge in [-0.25, -0.2) is 0 Å². The summed E-state index contributed by atoms with van der Waals surface area (Å²) in [5, 5.41) is 3.66. The van der Waals surface area contributed by atoms with Crippen molar-refractivity contribution in [3.63, 3.8) is 0 Å². The number of rotatable bonds is 3. The topological polar surface area (TPSA) is 61.3 Å². The second-order valence-electron chi connectivity index (χ2n) is 3.04. The molecule has 0 aliphatic carbocycles. The predicted molar refractivity (Wildman–Crippen MR) is 44.8 cm³/mol. The van der Waals surface area contributed by atoms with Crippen LogP contribution in [-0.4, -0.2) is 12.3 Å². The lowest BCUT2D eigenvalue weighted by atomic mass is 10.0. The smallest absolute Gasteiger partial charge is 0.254 e. The van der Waals surface area contributed by atoms with E-state index < -0.39 is 0 Å². The predicted octanol–water partition coefficient (Wildman–Crippen LogP) is 1.34. The fourth-order valence-electron chi connectivity index (χ4n) is 0.854. The molecule has 4 heteroatoms. The molecule has 0 amide bonds. The van der Waals surface area contributed by atoms with Crippen LogP contribution in [0, 0.1) is 5.92 Å². The van der Waals surface area contributed by atoms with E-state index >= 15 is 0 Å². The SMILES string of the molecule is COc1cc(C(N)C(C)C)on1. The van der Waals surface area contributed by atoms with Crippen LogP contribution in [0.4, 0.5) is 0 Å². The van der Waals surface area contributed by atoms with Crippen LogP contribution in [0.5, 0.6) is 5.88 Å². The lowest BCUT2D eigenvalue weighted by Gasteiger charge is -2.10. The maximum Gasteiger partial charge on any atom is 0.254 e. The number of methoxy groups -OCH3 is 1. The molecule has 68 valence electrons. The molecule has 0 radical (unpaired) electrons. The molecule has 1 unspecified atom stereocenters. The fourth-order valence-corrected chi connectivity index (χ4v) is 0.854. The molecule has 0 bridgehead atoms. The van der Waals surface area contributed by atoms with E-state index in [2.05, 4.69) is 5.16 Å². The van der Waals surface area contributed by atoms with Gasteiger partial charge in [0, 0.05) is 6.07 Å². The molecular weight excluding hydrogens is 156 g/mol. The zero-order chi connectivity index (χ0) is 9.14. The largest absolute Gasteiger partial charge is 0.479 e. The van der Waals surface area contributed by atoms with E-state index in [1.165, 1.54) is 0 Å². The molecule has 1 aromatic heterocycles. The summed E-state index contributed by atoms with van der Waals surface area (Å²) in [7, 11) is 1.54. The van der Waals surface area contributed by atoms with Crippen molar-refractivity contribution in [2.75, 3.05) is 7.11 Å². The van der Waals surface area contributed by atoms with E-state index in [4.69, 9.17) is 15.0 Å². The number of nitrogens with zero attached hydrogens (tertiary/aromatic N) is 1. The van der Waals surface area contributed by atoms with Gasteiger partial charge in [-0.3, -0.25) is 0 Å². The van der Waals surface area contributed by atoms with E-state index in [-0.39, 0.29) is 6.04 Å². The van der Waals surface area contributed by atoms with E-state index in [0.717, 1.165) is 0 Å². The summed E-state index contributed by atoms with van der Waals surface area (Å²) >= 11 is 0. The molecule has 0 aliphatic rings. The van der Waals surface area contributed by atoms with E-state index in [1.54, 1.807) is 13.2 Å². The molecule has 0 aromatic carbocycles. The minimum absolute atomic E-state index is 0.110. The minimum atomic E-state index is -0.110. The highest BCUT2D eigenvalue weighted by Gasteiger charge is 2.15. The molecular formula is C8H14N2O2. The Bertz CT molecular complexity index is 245. The Hall–Kier alpha value is -1.03. The highest BCUT2D eigenvalue weighted by Crippen LogP contribution is 2.21. The third kappa shape index (κ3) is 1.76. The Kier molecular flexibility index (Phi) is 2.70. The molecule has 0 spiro atoms. The molecule has 1 rings (SSSR count). The summed E-state index contributed by atoms with van der Waals surface area (Å²) in [5.74, 6) is 1.48. The van der Waals surface area contributed by atoms with Crippen LogP contribution in [-0.2, 0) is 0 Å². The van der Waals surface area contributed by atoms with Crippen LogP contribution in [0.15, 0.2) is 10.6 Å². The molecule has 0 fully saturated rings. The van der Waals surface area contributed by atoms with Crippen LogP contribution in [0.2, 0.25) is 0 Å². The third-order valence-electron chi connectivity index (χ3n) is 1.76. The first kappa shape index (κ1) is 9.06. The summed E-state index contributed by atoms with van der Waals surface area (Å²) in [6.07, 6.45) is 0. The molecule has 1 atom stereocenters. The Morgan fingerprint density at radius 2 is 2.25 bits per heavy atom. The lowest BCUT2D eigenvalue weighted by Crippen LogP contribution is -2.15. The summed E-state index contributed by atoms with van der Waals surface area (Å²) in [4.78, 5) is 0. The summed E-state index contributed by atoms with van der Waals surface area (Å²) in [6.45, 7) is 4.05. The van der Waals surface area contributed by atoms with Crippen molar-refractivity contribution >= 4 is 0 Å². The number of aromatic nitrogens is 1. The second kappa shape index (κ2) is 3.58. The van der Waals surface area contributed by atoms with Crippen molar-refractivity contribution in [1.29, 1.82) is 0 Å². The van der Waals surface area contributed by atoms with Crippen LogP contribution < -0.4 is 10.5 Å². The second-order valence-corrected chi connectivity index (χ2v) is 3.04. The van der Waals surface area contributed by atoms with Crippen LogP contribution in [0.25, 0.3) is 0 Å². The van der Waals surface area contributed by atoms with Gasteiger partial charge in [-0.05, 0) is 11.1 Å². The maximum atomic E-state index is 5.82. The van der Waals surface area contributed by atoms with Crippen molar-refractivity contribution < 1.29 is 9.26 Å². The lowest BCUT2D eigenvalue weighted by molar-refractivity contribution is 0.304. The highest BCUT2D eigenvalue weighted by atomic mass is 16.5.